The fourth-order valence-corrected chi connectivity index (χ4v) is 2.41. The molecule has 1 aromatic rings. The first-order chi connectivity index (χ1) is 9.66. The molecule has 1 amide bonds. The smallest absolute Gasteiger partial charge is 0.254 e. The van der Waals surface area contributed by atoms with Crippen molar-refractivity contribution < 1.29 is 19.0 Å². The van der Waals surface area contributed by atoms with Crippen LogP contribution in [0.25, 0.3) is 0 Å². The Bertz CT molecular complexity index is 458. The number of nitrogens with one attached hydrogen (secondary N) is 1. The van der Waals surface area contributed by atoms with Crippen LogP contribution in [0, 0.1) is 5.82 Å². The number of amides is 1. The average molecular weight is 281 g/mol. The van der Waals surface area contributed by atoms with E-state index in [-0.39, 0.29) is 11.3 Å². The van der Waals surface area contributed by atoms with Crippen LogP contribution in [0.5, 0.6) is 5.75 Å². The summed E-state index contributed by atoms with van der Waals surface area (Å²) in [5.41, 5.74) is -0.0690. The zero-order valence-electron chi connectivity index (χ0n) is 11.4. The van der Waals surface area contributed by atoms with E-state index in [4.69, 9.17) is 9.84 Å². The van der Waals surface area contributed by atoms with Gasteiger partial charge in [0.15, 0.2) is 0 Å². The van der Waals surface area contributed by atoms with Gasteiger partial charge in [0.05, 0.1) is 18.3 Å². The summed E-state index contributed by atoms with van der Waals surface area (Å²) < 4.78 is 19.1. The average Bonchev–Trinajstić information content (AvgIpc) is 2.44. The van der Waals surface area contributed by atoms with Gasteiger partial charge in [0.2, 0.25) is 0 Å². The summed E-state index contributed by atoms with van der Waals surface area (Å²) in [4.78, 5) is 11.7. The van der Waals surface area contributed by atoms with Crippen LogP contribution in [-0.2, 0) is 4.74 Å². The lowest BCUT2D eigenvalue weighted by molar-refractivity contribution is 0.0299. The highest BCUT2D eigenvalue weighted by Gasteiger charge is 2.14. The molecule has 5 heteroatoms. The molecular formula is C15H20FNO3. The Morgan fingerprint density at radius 3 is 2.80 bits per heavy atom. The highest BCUT2D eigenvalue weighted by molar-refractivity contribution is 5.94. The van der Waals surface area contributed by atoms with Gasteiger partial charge in [-0.2, -0.15) is 0 Å². The van der Waals surface area contributed by atoms with E-state index < -0.39 is 11.7 Å². The molecule has 0 heterocycles. The molecule has 0 spiro atoms. The minimum atomic E-state index is -0.726. The number of hydrogen-bond acceptors (Lipinski definition) is 3. The highest BCUT2D eigenvalue weighted by atomic mass is 19.1. The van der Waals surface area contributed by atoms with Gasteiger partial charge in [-0.1, -0.05) is 19.3 Å². The molecule has 1 aromatic carbocycles. The first-order valence-electron chi connectivity index (χ1n) is 7.05. The molecule has 1 aliphatic rings. The fourth-order valence-electron chi connectivity index (χ4n) is 2.41. The molecule has 110 valence electrons. The van der Waals surface area contributed by atoms with Crippen molar-refractivity contribution in [2.45, 2.75) is 38.2 Å². The van der Waals surface area contributed by atoms with Crippen molar-refractivity contribution in [1.29, 1.82) is 0 Å². The van der Waals surface area contributed by atoms with Gasteiger partial charge >= 0.3 is 0 Å². The number of aromatic hydroxyl groups is 1. The number of benzene rings is 1. The number of halogens is 1. The third-order valence-electron chi connectivity index (χ3n) is 3.49. The van der Waals surface area contributed by atoms with E-state index >= 15 is 0 Å². The van der Waals surface area contributed by atoms with Gasteiger partial charge < -0.3 is 15.2 Å². The molecule has 0 radical (unpaired) electrons. The Hall–Kier alpha value is -1.62. The fraction of sp³-hybridized carbons (Fsp3) is 0.533. The number of hydrogen-bond donors (Lipinski definition) is 2. The summed E-state index contributed by atoms with van der Waals surface area (Å²) in [5.74, 6) is -1.41. The van der Waals surface area contributed by atoms with Crippen LogP contribution in [0.1, 0.15) is 42.5 Å². The first kappa shape index (κ1) is 14.8. The van der Waals surface area contributed by atoms with Crippen molar-refractivity contribution in [2.75, 3.05) is 13.2 Å². The topological polar surface area (TPSA) is 58.6 Å². The van der Waals surface area contributed by atoms with Crippen molar-refractivity contribution in [3.63, 3.8) is 0 Å². The minimum absolute atomic E-state index is 0.0690. The van der Waals surface area contributed by atoms with Gasteiger partial charge in [-0.15, -0.1) is 0 Å². The molecule has 0 bridgehead atoms. The highest BCUT2D eigenvalue weighted by Crippen LogP contribution is 2.20. The van der Waals surface area contributed by atoms with E-state index in [1.54, 1.807) is 0 Å². The third kappa shape index (κ3) is 4.20. The Labute approximate surface area is 117 Å². The van der Waals surface area contributed by atoms with Crippen LogP contribution in [-0.4, -0.2) is 30.3 Å². The van der Waals surface area contributed by atoms with Crippen LogP contribution in [0.15, 0.2) is 18.2 Å². The van der Waals surface area contributed by atoms with Crippen molar-refractivity contribution >= 4 is 5.91 Å². The summed E-state index contributed by atoms with van der Waals surface area (Å²) in [6, 6.07) is 3.48. The van der Waals surface area contributed by atoms with Crippen molar-refractivity contribution in [1.82, 2.24) is 5.32 Å². The number of carbonyl (C=O) groups excluding carboxylic acids is 1. The first-order valence-corrected chi connectivity index (χ1v) is 7.05. The summed E-state index contributed by atoms with van der Waals surface area (Å²) in [6.07, 6.45) is 6.15. The van der Waals surface area contributed by atoms with Crippen molar-refractivity contribution in [3.05, 3.63) is 29.6 Å². The largest absolute Gasteiger partial charge is 0.508 e. The standard InChI is InChI=1S/C15H20FNO3/c16-14-10-11(18)6-7-13(14)15(19)17-8-9-20-12-4-2-1-3-5-12/h6-7,10,12,18H,1-5,8-9H2,(H,17,19). The second-order valence-electron chi connectivity index (χ2n) is 5.05. The zero-order chi connectivity index (χ0) is 14.4. The van der Waals surface area contributed by atoms with Crippen LogP contribution in [0.4, 0.5) is 4.39 Å². The van der Waals surface area contributed by atoms with Gasteiger partial charge in [-0.05, 0) is 25.0 Å². The zero-order valence-corrected chi connectivity index (χ0v) is 11.4. The maximum absolute atomic E-state index is 13.4. The SMILES string of the molecule is O=C(NCCOC1CCCCC1)c1ccc(O)cc1F. The number of rotatable bonds is 5. The van der Waals surface area contributed by atoms with E-state index in [0.29, 0.717) is 19.3 Å². The molecule has 0 aromatic heterocycles. The Morgan fingerprint density at radius 1 is 1.35 bits per heavy atom. The molecule has 0 atom stereocenters. The van der Waals surface area contributed by atoms with E-state index in [1.165, 1.54) is 31.4 Å². The Kier molecular flexibility index (Phi) is 5.35. The van der Waals surface area contributed by atoms with Gasteiger partial charge in [0.1, 0.15) is 11.6 Å². The quantitative estimate of drug-likeness (QED) is 0.816. The molecule has 0 aliphatic heterocycles. The second kappa shape index (κ2) is 7.24. The van der Waals surface area contributed by atoms with Gasteiger partial charge in [-0.3, -0.25) is 4.79 Å². The number of carbonyl (C=O) groups is 1. The third-order valence-corrected chi connectivity index (χ3v) is 3.49. The summed E-state index contributed by atoms with van der Waals surface area (Å²) >= 11 is 0. The van der Waals surface area contributed by atoms with Gasteiger partial charge in [-0.25, -0.2) is 4.39 Å². The van der Waals surface area contributed by atoms with E-state index in [9.17, 15) is 9.18 Å². The molecular weight excluding hydrogens is 261 g/mol. The van der Waals surface area contributed by atoms with Gasteiger partial charge in [0, 0.05) is 12.6 Å². The lowest BCUT2D eigenvalue weighted by Gasteiger charge is -2.22. The minimum Gasteiger partial charge on any atom is -0.508 e. The van der Waals surface area contributed by atoms with Crippen LogP contribution >= 0.6 is 0 Å². The normalized spacial score (nSPS) is 16.1. The molecule has 20 heavy (non-hydrogen) atoms. The molecule has 0 unspecified atom stereocenters. The molecule has 0 saturated heterocycles. The van der Waals surface area contributed by atoms with E-state index in [1.807, 2.05) is 0 Å². The molecule has 2 N–H and O–H groups in total. The molecule has 4 nitrogen and oxygen atoms in total. The lowest BCUT2D eigenvalue weighted by atomic mass is 9.98. The lowest BCUT2D eigenvalue weighted by Crippen LogP contribution is -2.29. The van der Waals surface area contributed by atoms with E-state index in [2.05, 4.69) is 5.32 Å². The second-order valence-corrected chi connectivity index (χ2v) is 5.05. The summed E-state index contributed by atoms with van der Waals surface area (Å²) in [7, 11) is 0. The van der Waals surface area contributed by atoms with E-state index in [0.717, 1.165) is 18.9 Å². The Morgan fingerprint density at radius 2 is 2.10 bits per heavy atom. The van der Waals surface area contributed by atoms with Crippen molar-refractivity contribution in [2.24, 2.45) is 0 Å². The van der Waals surface area contributed by atoms with Gasteiger partial charge in [0.25, 0.3) is 5.91 Å². The maximum atomic E-state index is 13.4. The predicted molar refractivity (Wildman–Crippen MR) is 73.2 cm³/mol. The predicted octanol–water partition coefficient (Wildman–Crippen LogP) is 2.61. The number of ether oxygens (including phenoxy) is 1. The Balaban J connectivity index is 1.72. The van der Waals surface area contributed by atoms with Crippen LogP contribution < -0.4 is 5.32 Å². The summed E-state index contributed by atoms with van der Waals surface area (Å²) in [6.45, 7) is 0.797. The van der Waals surface area contributed by atoms with Crippen molar-refractivity contribution in [3.8, 4) is 5.75 Å². The maximum Gasteiger partial charge on any atom is 0.254 e. The molecule has 2 rings (SSSR count). The molecule has 1 aliphatic carbocycles. The molecule has 1 saturated carbocycles. The summed E-state index contributed by atoms with van der Waals surface area (Å²) in [5, 5.41) is 11.7. The number of phenolic OH excluding ortho intramolecular Hbond substituents is 1. The monoisotopic (exact) mass is 281 g/mol. The van der Waals surface area contributed by atoms with Crippen LogP contribution in [0.2, 0.25) is 0 Å². The molecule has 1 fully saturated rings. The van der Waals surface area contributed by atoms with Crippen LogP contribution in [0.3, 0.4) is 0 Å². The number of phenols is 1.